The van der Waals surface area contributed by atoms with E-state index in [0.717, 1.165) is 6.29 Å². The molecule has 0 radical (unpaired) electrons. The molecule has 0 amide bonds. The molecule has 0 fully saturated rings. The van der Waals surface area contributed by atoms with Crippen molar-refractivity contribution >= 4 is 17.5 Å². The van der Waals surface area contributed by atoms with Crippen LogP contribution in [0.25, 0.3) is 11.2 Å². The Kier molecular flexibility index (Phi) is 1.15. The summed E-state index contributed by atoms with van der Waals surface area (Å²) in [5, 5.41) is 7.29. The van der Waals surface area contributed by atoms with Gasteiger partial charge in [0.25, 0.3) is 0 Å². The van der Waals surface area contributed by atoms with Crippen LogP contribution in [0, 0.1) is 0 Å². The number of imidazole rings is 1. The summed E-state index contributed by atoms with van der Waals surface area (Å²) in [4.78, 5) is 17.0. The molecule has 2 aromatic rings. The standard InChI is InChI=1S/C6H4N4O/c11-2-4-1-9-10-6-5(4)7-3-8-6/h1-3H,(H,7,8,10). The molecule has 0 aliphatic heterocycles. The molecule has 0 unspecified atom stereocenters. The molecule has 1 N–H and O–H groups in total. The fourth-order valence-electron chi connectivity index (χ4n) is 0.875. The molecular formula is C6H4N4O. The quantitative estimate of drug-likeness (QED) is 0.585. The Bertz CT molecular complexity index is 394. The third kappa shape index (κ3) is 0.778. The number of nitrogens with one attached hydrogen (secondary N) is 1. The zero-order chi connectivity index (χ0) is 7.68. The van der Waals surface area contributed by atoms with Crippen molar-refractivity contribution in [3.63, 3.8) is 0 Å². The van der Waals surface area contributed by atoms with Crippen LogP contribution in [0.5, 0.6) is 0 Å². The van der Waals surface area contributed by atoms with E-state index in [2.05, 4.69) is 20.2 Å². The Hall–Kier alpha value is -1.78. The topological polar surface area (TPSA) is 71.5 Å². The predicted molar refractivity (Wildman–Crippen MR) is 37.1 cm³/mol. The van der Waals surface area contributed by atoms with Crippen LogP contribution in [-0.4, -0.2) is 26.5 Å². The van der Waals surface area contributed by atoms with Crippen molar-refractivity contribution in [2.24, 2.45) is 0 Å². The Morgan fingerprint density at radius 2 is 2.45 bits per heavy atom. The maximum absolute atomic E-state index is 10.4. The Labute approximate surface area is 61.5 Å². The Morgan fingerprint density at radius 1 is 1.55 bits per heavy atom. The Balaban J connectivity index is 2.88. The number of rotatable bonds is 1. The van der Waals surface area contributed by atoms with Gasteiger partial charge in [-0.15, -0.1) is 5.10 Å². The fourth-order valence-corrected chi connectivity index (χ4v) is 0.875. The van der Waals surface area contributed by atoms with Gasteiger partial charge in [0.05, 0.1) is 23.6 Å². The molecule has 0 bridgehead atoms. The number of carbonyl (C=O) groups excluding carboxylic acids is 1. The smallest absolute Gasteiger partial charge is 0.200 e. The molecule has 0 aliphatic rings. The average Bonchev–Trinajstić information content (AvgIpc) is 2.50. The molecule has 0 saturated heterocycles. The summed E-state index contributed by atoms with van der Waals surface area (Å²) in [6.45, 7) is 0. The largest absolute Gasteiger partial charge is 0.343 e. The van der Waals surface area contributed by atoms with Gasteiger partial charge in [-0.3, -0.25) is 4.79 Å². The molecule has 2 heterocycles. The highest BCUT2D eigenvalue weighted by molar-refractivity contribution is 5.91. The van der Waals surface area contributed by atoms with Crippen molar-refractivity contribution in [1.29, 1.82) is 0 Å². The van der Waals surface area contributed by atoms with Crippen molar-refractivity contribution in [3.05, 3.63) is 18.1 Å². The molecule has 54 valence electrons. The summed E-state index contributed by atoms with van der Waals surface area (Å²) in [5.41, 5.74) is 1.58. The number of fused-ring (bicyclic) bond motifs is 1. The van der Waals surface area contributed by atoms with E-state index in [1.807, 2.05) is 0 Å². The van der Waals surface area contributed by atoms with Crippen LogP contribution in [-0.2, 0) is 0 Å². The van der Waals surface area contributed by atoms with Gasteiger partial charge in [-0.1, -0.05) is 0 Å². The van der Waals surface area contributed by atoms with E-state index in [9.17, 15) is 4.79 Å². The van der Waals surface area contributed by atoms with Gasteiger partial charge in [0.1, 0.15) is 0 Å². The molecule has 0 aliphatic carbocycles. The number of aromatic amines is 1. The van der Waals surface area contributed by atoms with Gasteiger partial charge in [0.15, 0.2) is 11.9 Å². The summed E-state index contributed by atoms with van der Waals surface area (Å²) >= 11 is 0. The minimum Gasteiger partial charge on any atom is -0.343 e. The number of hydrogen-bond acceptors (Lipinski definition) is 4. The summed E-state index contributed by atoms with van der Waals surface area (Å²) in [5.74, 6) is 0. The van der Waals surface area contributed by atoms with Crippen molar-refractivity contribution in [2.75, 3.05) is 0 Å². The van der Waals surface area contributed by atoms with E-state index >= 15 is 0 Å². The van der Waals surface area contributed by atoms with Crippen molar-refractivity contribution in [1.82, 2.24) is 20.2 Å². The van der Waals surface area contributed by atoms with Gasteiger partial charge in [0.2, 0.25) is 0 Å². The molecule has 0 spiro atoms. The van der Waals surface area contributed by atoms with Crippen molar-refractivity contribution in [2.45, 2.75) is 0 Å². The first-order chi connectivity index (χ1) is 5.42. The first kappa shape index (κ1) is 5.96. The molecule has 5 nitrogen and oxygen atoms in total. The van der Waals surface area contributed by atoms with Gasteiger partial charge in [0, 0.05) is 0 Å². The number of nitrogens with zero attached hydrogens (tertiary/aromatic N) is 3. The highest BCUT2D eigenvalue weighted by Crippen LogP contribution is 2.06. The molecule has 11 heavy (non-hydrogen) atoms. The van der Waals surface area contributed by atoms with Crippen LogP contribution in [0.4, 0.5) is 0 Å². The van der Waals surface area contributed by atoms with Crippen LogP contribution in [0.1, 0.15) is 10.4 Å². The van der Waals surface area contributed by atoms with Crippen LogP contribution in [0.3, 0.4) is 0 Å². The normalized spacial score (nSPS) is 10.2. The fraction of sp³-hybridized carbons (Fsp3) is 0. The monoisotopic (exact) mass is 148 g/mol. The maximum atomic E-state index is 10.4. The summed E-state index contributed by atoms with van der Waals surface area (Å²) in [6.07, 6.45) is 3.59. The third-order valence-corrected chi connectivity index (χ3v) is 1.38. The zero-order valence-electron chi connectivity index (χ0n) is 5.48. The summed E-state index contributed by atoms with van der Waals surface area (Å²) in [7, 11) is 0. The number of aromatic nitrogens is 4. The first-order valence-corrected chi connectivity index (χ1v) is 3.02. The van der Waals surface area contributed by atoms with Crippen LogP contribution in [0.2, 0.25) is 0 Å². The lowest BCUT2D eigenvalue weighted by atomic mass is 10.3. The molecular weight excluding hydrogens is 144 g/mol. The lowest BCUT2D eigenvalue weighted by molar-refractivity contribution is 0.112. The third-order valence-electron chi connectivity index (χ3n) is 1.38. The SMILES string of the molecule is O=Cc1cnnc2nc[nH]c12. The molecule has 5 heteroatoms. The van der Waals surface area contributed by atoms with Crippen molar-refractivity contribution in [3.8, 4) is 0 Å². The molecule has 0 saturated carbocycles. The predicted octanol–water partition coefficient (Wildman–Crippen LogP) is 0.165. The molecule has 0 aromatic carbocycles. The van der Waals surface area contributed by atoms with E-state index in [1.165, 1.54) is 12.5 Å². The van der Waals surface area contributed by atoms with Gasteiger partial charge >= 0.3 is 0 Å². The average molecular weight is 148 g/mol. The maximum Gasteiger partial charge on any atom is 0.200 e. The second-order valence-electron chi connectivity index (χ2n) is 2.02. The van der Waals surface area contributed by atoms with Crippen LogP contribution in [0.15, 0.2) is 12.5 Å². The molecule has 2 rings (SSSR count). The molecule has 2 aromatic heterocycles. The minimum atomic E-state index is 0.467. The first-order valence-electron chi connectivity index (χ1n) is 3.02. The van der Waals surface area contributed by atoms with Crippen LogP contribution < -0.4 is 0 Å². The summed E-state index contributed by atoms with van der Waals surface area (Å²) in [6, 6.07) is 0. The van der Waals surface area contributed by atoms with Gasteiger partial charge in [-0.25, -0.2) is 4.98 Å². The van der Waals surface area contributed by atoms with E-state index in [1.54, 1.807) is 0 Å². The highest BCUT2D eigenvalue weighted by Gasteiger charge is 2.02. The molecule has 0 atom stereocenters. The van der Waals surface area contributed by atoms with Crippen LogP contribution >= 0.6 is 0 Å². The van der Waals surface area contributed by atoms with E-state index in [-0.39, 0.29) is 0 Å². The number of hydrogen-bond donors (Lipinski definition) is 1. The highest BCUT2D eigenvalue weighted by atomic mass is 16.1. The lowest BCUT2D eigenvalue weighted by Crippen LogP contribution is -1.88. The van der Waals surface area contributed by atoms with Gasteiger partial charge in [-0.2, -0.15) is 5.10 Å². The number of H-pyrrole nitrogens is 1. The zero-order valence-corrected chi connectivity index (χ0v) is 5.48. The second kappa shape index (κ2) is 2.12. The van der Waals surface area contributed by atoms with E-state index < -0.39 is 0 Å². The van der Waals surface area contributed by atoms with Gasteiger partial charge in [-0.05, 0) is 0 Å². The number of aldehydes is 1. The van der Waals surface area contributed by atoms with E-state index in [4.69, 9.17) is 0 Å². The second-order valence-corrected chi connectivity index (χ2v) is 2.02. The van der Waals surface area contributed by atoms with E-state index in [0.29, 0.717) is 16.7 Å². The Morgan fingerprint density at radius 3 is 3.27 bits per heavy atom. The minimum absolute atomic E-state index is 0.467. The van der Waals surface area contributed by atoms with Gasteiger partial charge < -0.3 is 4.98 Å². The lowest BCUT2D eigenvalue weighted by Gasteiger charge is -1.87. The van der Waals surface area contributed by atoms with Crippen molar-refractivity contribution < 1.29 is 4.79 Å². The number of carbonyl (C=O) groups is 1. The summed E-state index contributed by atoms with van der Waals surface area (Å²) < 4.78 is 0.